The maximum Gasteiger partial charge on any atom is 0.356 e. The predicted molar refractivity (Wildman–Crippen MR) is 98.5 cm³/mol. The average Bonchev–Trinajstić information content (AvgIpc) is 2.89. The van der Waals surface area contributed by atoms with E-state index in [2.05, 4.69) is 0 Å². The number of hydroxylamine groups is 2. The summed E-state index contributed by atoms with van der Waals surface area (Å²) in [6, 6.07) is 4.78. The predicted octanol–water partition coefficient (Wildman–Crippen LogP) is 2.29. The first-order chi connectivity index (χ1) is 13.0. The summed E-state index contributed by atoms with van der Waals surface area (Å²) in [5.74, 6) is -2.45. The Hall–Kier alpha value is -3.16. The van der Waals surface area contributed by atoms with Crippen LogP contribution in [0.2, 0.25) is 0 Å². The molecule has 2 amide bonds. The largest absolute Gasteiger partial charge is 0.507 e. The van der Waals surface area contributed by atoms with Crippen molar-refractivity contribution >= 4 is 29.8 Å². The van der Waals surface area contributed by atoms with E-state index in [1.54, 1.807) is 32.9 Å². The summed E-state index contributed by atoms with van der Waals surface area (Å²) in [5, 5.41) is 10.5. The minimum atomic E-state index is -0.906. The molecule has 1 N–H and O–H groups in total. The van der Waals surface area contributed by atoms with Crippen LogP contribution in [0.25, 0.3) is 6.08 Å². The van der Waals surface area contributed by atoms with E-state index < -0.39 is 23.4 Å². The molecule has 28 heavy (non-hydrogen) atoms. The summed E-state index contributed by atoms with van der Waals surface area (Å²) in [5.41, 5.74) is 0.528. The summed E-state index contributed by atoms with van der Waals surface area (Å²) < 4.78 is 5.23. The highest BCUT2D eigenvalue weighted by Gasteiger charge is 2.32. The van der Waals surface area contributed by atoms with Gasteiger partial charge in [-0.1, -0.05) is 12.1 Å². The van der Waals surface area contributed by atoms with Gasteiger partial charge in [-0.05, 0) is 44.9 Å². The fourth-order valence-corrected chi connectivity index (χ4v) is 2.46. The molecule has 1 heterocycles. The zero-order valence-electron chi connectivity index (χ0n) is 16.1. The Kier molecular flexibility index (Phi) is 6.56. The lowest BCUT2D eigenvalue weighted by molar-refractivity contribution is -0.193. The highest BCUT2D eigenvalue weighted by Crippen LogP contribution is 2.22. The van der Waals surface area contributed by atoms with Gasteiger partial charge in [0.05, 0.1) is 0 Å². The van der Waals surface area contributed by atoms with E-state index in [4.69, 9.17) is 9.57 Å². The van der Waals surface area contributed by atoms with Crippen molar-refractivity contribution in [3.63, 3.8) is 0 Å². The van der Waals surface area contributed by atoms with Gasteiger partial charge in [-0.15, -0.1) is 5.06 Å². The molecule has 0 spiro atoms. The van der Waals surface area contributed by atoms with Crippen molar-refractivity contribution < 1.29 is 33.9 Å². The number of amides is 2. The summed E-state index contributed by atoms with van der Waals surface area (Å²) in [4.78, 5) is 51.0. The highest BCUT2D eigenvalue weighted by atomic mass is 16.7. The fraction of sp³-hybridized carbons (Fsp3) is 0.400. The summed E-state index contributed by atoms with van der Waals surface area (Å²) in [6.45, 7) is 5.37. The lowest BCUT2D eigenvalue weighted by Gasteiger charge is -2.19. The van der Waals surface area contributed by atoms with Crippen molar-refractivity contribution in [2.45, 2.75) is 52.1 Å². The van der Waals surface area contributed by atoms with Crippen LogP contribution in [-0.2, 0) is 35.2 Å². The number of esters is 1. The van der Waals surface area contributed by atoms with Gasteiger partial charge >= 0.3 is 11.9 Å². The molecule has 1 aliphatic rings. The summed E-state index contributed by atoms with van der Waals surface area (Å²) >= 11 is 0. The number of ether oxygens (including phenoxy) is 1. The van der Waals surface area contributed by atoms with E-state index in [0.29, 0.717) is 17.0 Å². The van der Waals surface area contributed by atoms with Crippen LogP contribution in [0.1, 0.15) is 51.2 Å². The molecular weight excluding hydrogens is 366 g/mol. The fourth-order valence-electron chi connectivity index (χ4n) is 2.46. The van der Waals surface area contributed by atoms with Crippen molar-refractivity contribution in [3.8, 4) is 5.75 Å². The first kappa shape index (κ1) is 21.1. The Labute approximate surface area is 162 Å². The number of carbonyl (C=O) groups excluding carboxylic acids is 4. The van der Waals surface area contributed by atoms with Crippen molar-refractivity contribution in [2.24, 2.45) is 0 Å². The van der Waals surface area contributed by atoms with Crippen LogP contribution in [0.3, 0.4) is 0 Å². The Morgan fingerprint density at radius 2 is 1.82 bits per heavy atom. The number of phenols is 1. The average molecular weight is 389 g/mol. The number of imide groups is 1. The SMILES string of the molecule is CC(C)(C)OC(=O)CCc1ccc(/C=C/C(=O)ON2C(=O)CCC2=O)c(O)c1. The molecule has 0 aromatic heterocycles. The lowest BCUT2D eigenvalue weighted by atomic mass is 10.1. The molecular formula is C20H23NO7. The molecule has 1 aromatic carbocycles. The molecule has 1 fully saturated rings. The van der Waals surface area contributed by atoms with Crippen molar-refractivity contribution in [1.82, 2.24) is 5.06 Å². The van der Waals surface area contributed by atoms with E-state index in [0.717, 1.165) is 11.6 Å². The maximum atomic E-state index is 11.8. The van der Waals surface area contributed by atoms with Gasteiger partial charge in [0, 0.05) is 30.9 Å². The van der Waals surface area contributed by atoms with E-state index in [1.807, 2.05) is 0 Å². The molecule has 2 rings (SSSR count). The Morgan fingerprint density at radius 3 is 2.39 bits per heavy atom. The highest BCUT2D eigenvalue weighted by molar-refractivity contribution is 6.02. The molecule has 8 heteroatoms. The molecule has 1 saturated heterocycles. The number of phenolic OH excluding ortho intramolecular Hbond substituents is 1. The third-order valence-corrected chi connectivity index (χ3v) is 3.72. The lowest BCUT2D eigenvalue weighted by Crippen LogP contribution is -2.31. The molecule has 0 unspecified atom stereocenters. The first-order valence-corrected chi connectivity index (χ1v) is 8.85. The van der Waals surface area contributed by atoms with Crippen LogP contribution < -0.4 is 0 Å². The van der Waals surface area contributed by atoms with E-state index in [-0.39, 0.29) is 31.0 Å². The number of benzene rings is 1. The zero-order valence-corrected chi connectivity index (χ0v) is 16.1. The quantitative estimate of drug-likeness (QED) is 0.451. The van der Waals surface area contributed by atoms with E-state index >= 15 is 0 Å². The normalized spacial score (nSPS) is 14.6. The molecule has 1 aromatic rings. The van der Waals surface area contributed by atoms with Crippen LogP contribution in [0.4, 0.5) is 0 Å². The second-order valence-corrected chi connectivity index (χ2v) is 7.31. The Bertz CT molecular complexity index is 804. The van der Waals surface area contributed by atoms with Gasteiger partial charge in [0.15, 0.2) is 0 Å². The van der Waals surface area contributed by atoms with Crippen molar-refractivity contribution in [3.05, 3.63) is 35.4 Å². The number of hydrogen-bond donors (Lipinski definition) is 1. The van der Waals surface area contributed by atoms with Gasteiger partial charge in [-0.2, -0.15) is 0 Å². The first-order valence-electron chi connectivity index (χ1n) is 8.85. The molecule has 1 aliphatic heterocycles. The van der Waals surface area contributed by atoms with Gasteiger partial charge < -0.3 is 14.7 Å². The van der Waals surface area contributed by atoms with Crippen LogP contribution in [0.5, 0.6) is 5.75 Å². The van der Waals surface area contributed by atoms with Crippen LogP contribution in [0, 0.1) is 0 Å². The molecule has 0 aliphatic carbocycles. The number of aryl methyl sites for hydroxylation is 1. The molecule has 0 atom stereocenters. The maximum absolute atomic E-state index is 11.8. The van der Waals surface area contributed by atoms with Crippen LogP contribution in [0.15, 0.2) is 24.3 Å². The number of rotatable bonds is 6. The smallest absolute Gasteiger partial charge is 0.356 e. The van der Waals surface area contributed by atoms with Crippen LogP contribution in [-0.4, -0.2) is 39.5 Å². The molecule has 150 valence electrons. The van der Waals surface area contributed by atoms with Gasteiger partial charge in [0.25, 0.3) is 11.8 Å². The topological polar surface area (TPSA) is 110 Å². The number of nitrogens with zero attached hydrogens (tertiary/aromatic N) is 1. The third-order valence-electron chi connectivity index (χ3n) is 3.72. The van der Waals surface area contributed by atoms with Crippen molar-refractivity contribution in [1.29, 1.82) is 0 Å². The Morgan fingerprint density at radius 1 is 1.18 bits per heavy atom. The van der Waals surface area contributed by atoms with E-state index in [9.17, 15) is 24.3 Å². The number of aromatic hydroxyl groups is 1. The summed E-state index contributed by atoms with van der Waals surface area (Å²) in [7, 11) is 0. The van der Waals surface area contributed by atoms with E-state index in [1.165, 1.54) is 12.1 Å². The molecule has 0 bridgehead atoms. The number of hydrogen-bond acceptors (Lipinski definition) is 7. The molecule has 8 nitrogen and oxygen atoms in total. The van der Waals surface area contributed by atoms with Crippen molar-refractivity contribution in [2.75, 3.05) is 0 Å². The zero-order chi connectivity index (χ0) is 20.9. The standard InChI is InChI=1S/C20H23NO7/c1-20(2,3)27-18(25)10-5-13-4-6-14(15(22)12-13)7-11-19(26)28-21-16(23)8-9-17(21)24/h4,6-7,11-12,22H,5,8-10H2,1-3H3/b11-7+. The number of carbonyl (C=O) groups is 4. The minimum Gasteiger partial charge on any atom is -0.507 e. The second-order valence-electron chi connectivity index (χ2n) is 7.31. The monoisotopic (exact) mass is 389 g/mol. The van der Waals surface area contributed by atoms with Gasteiger partial charge in [0.2, 0.25) is 0 Å². The van der Waals surface area contributed by atoms with Gasteiger partial charge in [-0.3, -0.25) is 14.4 Å². The minimum absolute atomic E-state index is 0.0153. The molecule has 0 saturated carbocycles. The Balaban J connectivity index is 1.92. The molecule has 0 radical (unpaired) electrons. The van der Waals surface area contributed by atoms with Gasteiger partial charge in [0.1, 0.15) is 11.4 Å². The second kappa shape index (κ2) is 8.69. The van der Waals surface area contributed by atoms with Crippen LogP contribution >= 0.6 is 0 Å². The van der Waals surface area contributed by atoms with Gasteiger partial charge in [-0.25, -0.2) is 4.79 Å². The summed E-state index contributed by atoms with van der Waals surface area (Å²) in [6.07, 6.45) is 2.92. The third kappa shape index (κ3) is 6.22.